The van der Waals surface area contributed by atoms with E-state index in [0.29, 0.717) is 27.8 Å². The van der Waals surface area contributed by atoms with Crippen LogP contribution < -0.4 is 10.1 Å². The van der Waals surface area contributed by atoms with Gasteiger partial charge in [-0.25, -0.2) is 0 Å². The summed E-state index contributed by atoms with van der Waals surface area (Å²) >= 11 is 6.31. The van der Waals surface area contributed by atoms with Crippen molar-refractivity contribution in [2.24, 2.45) is 0 Å². The lowest BCUT2D eigenvalue weighted by Gasteiger charge is -2.16. The topological polar surface area (TPSA) is 95.9 Å². The number of phenols is 1. The van der Waals surface area contributed by atoms with Crippen LogP contribution in [0, 0.1) is 6.92 Å². The Hall–Kier alpha value is -2.73. The van der Waals surface area contributed by atoms with E-state index in [1.165, 1.54) is 6.07 Å². The molecule has 26 heavy (non-hydrogen) atoms. The van der Waals surface area contributed by atoms with Gasteiger partial charge in [-0.3, -0.25) is 9.59 Å². The zero-order valence-corrected chi connectivity index (χ0v) is 14.9. The molecule has 2 aromatic rings. The van der Waals surface area contributed by atoms with Crippen LogP contribution in [0.2, 0.25) is 5.02 Å². The fraction of sp³-hybridized carbons (Fsp3) is 0.263. The highest BCUT2D eigenvalue weighted by atomic mass is 35.5. The molecular formula is C19H18ClNO5. The fourth-order valence-electron chi connectivity index (χ4n) is 3.13. The van der Waals surface area contributed by atoms with E-state index < -0.39 is 18.3 Å². The van der Waals surface area contributed by atoms with Crippen molar-refractivity contribution in [3.63, 3.8) is 0 Å². The van der Waals surface area contributed by atoms with Crippen LogP contribution in [0.25, 0.3) is 0 Å². The van der Waals surface area contributed by atoms with E-state index in [4.69, 9.17) is 21.4 Å². The van der Waals surface area contributed by atoms with Crippen molar-refractivity contribution in [2.75, 3.05) is 5.32 Å². The third-order valence-electron chi connectivity index (χ3n) is 4.25. The molecule has 1 amide bonds. The van der Waals surface area contributed by atoms with Gasteiger partial charge in [-0.15, -0.1) is 0 Å². The zero-order valence-electron chi connectivity index (χ0n) is 14.1. The largest absolute Gasteiger partial charge is 0.508 e. The van der Waals surface area contributed by atoms with E-state index >= 15 is 0 Å². The van der Waals surface area contributed by atoms with Gasteiger partial charge in [0.25, 0.3) is 0 Å². The van der Waals surface area contributed by atoms with E-state index in [1.807, 2.05) is 0 Å². The second-order valence-electron chi connectivity index (χ2n) is 6.22. The van der Waals surface area contributed by atoms with Gasteiger partial charge in [-0.1, -0.05) is 11.6 Å². The van der Waals surface area contributed by atoms with E-state index in [2.05, 4.69) is 5.32 Å². The zero-order chi connectivity index (χ0) is 18.8. The van der Waals surface area contributed by atoms with Crippen molar-refractivity contribution in [3.8, 4) is 17.2 Å². The lowest BCUT2D eigenvalue weighted by molar-refractivity contribution is -0.139. The minimum absolute atomic E-state index is 0.282. The molecule has 0 saturated heterocycles. The summed E-state index contributed by atoms with van der Waals surface area (Å²) in [6, 6.07) is 6.52. The van der Waals surface area contributed by atoms with Gasteiger partial charge in [0, 0.05) is 16.8 Å². The summed E-state index contributed by atoms with van der Waals surface area (Å²) in [5, 5.41) is 21.4. The van der Waals surface area contributed by atoms with Crippen LogP contribution in [0.3, 0.4) is 0 Å². The average molecular weight is 376 g/mol. The van der Waals surface area contributed by atoms with Gasteiger partial charge in [-0.05, 0) is 56.0 Å². The molecule has 0 aliphatic heterocycles. The Morgan fingerprint density at radius 1 is 1.23 bits per heavy atom. The summed E-state index contributed by atoms with van der Waals surface area (Å²) in [6.07, 6.45) is 2.00. The summed E-state index contributed by atoms with van der Waals surface area (Å²) in [6.45, 7) is 1.79. The Labute approximate surface area is 155 Å². The summed E-state index contributed by atoms with van der Waals surface area (Å²) in [5.74, 6) is -0.431. The number of nitrogens with one attached hydrogen (secondary N) is 1. The first-order valence-corrected chi connectivity index (χ1v) is 8.56. The van der Waals surface area contributed by atoms with Gasteiger partial charge < -0.3 is 20.3 Å². The summed E-state index contributed by atoms with van der Waals surface area (Å²) < 4.78 is 6.01. The van der Waals surface area contributed by atoms with Crippen LogP contribution in [0.4, 0.5) is 5.69 Å². The van der Waals surface area contributed by atoms with Crippen molar-refractivity contribution in [1.82, 2.24) is 0 Å². The smallest absolute Gasteiger partial charge is 0.312 e. The predicted molar refractivity (Wildman–Crippen MR) is 97.3 cm³/mol. The average Bonchev–Trinajstić information content (AvgIpc) is 3.02. The first-order chi connectivity index (χ1) is 12.3. The molecule has 0 unspecified atom stereocenters. The summed E-state index contributed by atoms with van der Waals surface area (Å²) in [5.41, 5.74) is 3.00. The molecule has 3 rings (SSSR count). The van der Waals surface area contributed by atoms with Crippen LogP contribution in [0.15, 0.2) is 24.3 Å². The van der Waals surface area contributed by atoms with Crippen molar-refractivity contribution >= 4 is 29.2 Å². The maximum absolute atomic E-state index is 11.6. The standard InChI is InChI=1S/C19H18ClNO5/c1-10-7-11(21-17(23)9-18(24)25)8-14(20)19(10)26-16-6-5-15(22)12-3-2-4-13(12)16/h5-8,22H,2-4,9H2,1H3,(H,21,23)(H,24,25). The molecule has 0 spiro atoms. The number of aryl methyl sites for hydroxylation is 1. The van der Waals surface area contributed by atoms with Crippen LogP contribution in [0.1, 0.15) is 29.5 Å². The van der Waals surface area contributed by atoms with Gasteiger partial charge >= 0.3 is 5.97 Å². The second kappa shape index (κ2) is 7.25. The maximum Gasteiger partial charge on any atom is 0.312 e. The Balaban J connectivity index is 1.85. The Morgan fingerprint density at radius 2 is 1.96 bits per heavy atom. The van der Waals surface area contributed by atoms with E-state index in [0.717, 1.165) is 30.4 Å². The molecule has 0 bridgehead atoms. The number of aliphatic carboxylic acids is 1. The third-order valence-corrected chi connectivity index (χ3v) is 4.53. The van der Waals surface area contributed by atoms with Gasteiger partial charge in [0.15, 0.2) is 0 Å². The number of hydrogen-bond donors (Lipinski definition) is 3. The van der Waals surface area contributed by atoms with Crippen molar-refractivity contribution in [3.05, 3.63) is 46.0 Å². The second-order valence-corrected chi connectivity index (χ2v) is 6.63. The molecule has 7 heteroatoms. The molecule has 2 aromatic carbocycles. The maximum atomic E-state index is 11.6. The van der Waals surface area contributed by atoms with Crippen molar-refractivity contribution in [2.45, 2.75) is 32.6 Å². The monoisotopic (exact) mass is 375 g/mol. The highest BCUT2D eigenvalue weighted by Gasteiger charge is 2.21. The third kappa shape index (κ3) is 3.75. The molecule has 136 valence electrons. The number of carboxylic acids is 1. The molecule has 1 aliphatic carbocycles. The normalized spacial score (nSPS) is 12.5. The highest BCUT2D eigenvalue weighted by Crippen LogP contribution is 2.41. The fourth-order valence-corrected chi connectivity index (χ4v) is 3.44. The molecular weight excluding hydrogens is 358 g/mol. The number of anilines is 1. The number of ether oxygens (including phenoxy) is 1. The number of carbonyl (C=O) groups excluding carboxylic acids is 1. The van der Waals surface area contributed by atoms with Crippen molar-refractivity contribution < 1.29 is 24.5 Å². The number of amides is 1. The molecule has 0 fully saturated rings. The Morgan fingerprint density at radius 3 is 2.65 bits per heavy atom. The number of aromatic hydroxyl groups is 1. The molecule has 6 nitrogen and oxygen atoms in total. The summed E-state index contributed by atoms with van der Waals surface area (Å²) in [7, 11) is 0. The molecule has 0 aromatic heterocycles. The predicted octanol–water partition coefficient (Wildman–Crippen LogP) is 4.05. The minimum atomic E-state index is -1.20. The Kier molecular flexibility index (Phi) is 5.04. The SMILES string of the molecule is Cc1cc(NC(=O)CC(=O)O)cc(Cl)c1Oc1ccc(O)c2c1CCC2. The number of rotatable bonds is 5. The van der Waals surface area contributed by atoms with Gasteiger partial charge in [-0.2, -0.15) is 0 Å². The molecule has 1 aliphatic rings. The van der Waals surface area contributed by atoms with Gasteiger partial charge in [0.2, 0.25) is 5.91 Å². The number of phenolic OH excluding ortho intramolecular Hbond substituents is 1. The molecule has 0 heterocycles. The van der Waals surface area contributed by atoms with E-state index in [9.17, 15) is 14.7 Å². The Bertz CT molecular complexity index is 871. The number of benzene rings is 2. The lowest BCUT2D eigenvalue weighted by Crippen LogP contribution is -2.16. The van der Waals surface area contributed by atoms with Crippen molar-refractivity contribution in [1.29, 1.82) is 0 Å². The van der Waals surface area contributed by atoms with Crippen LogP contribution in [0.5, 0.6) is 17.2 Å². The highest BCUT2D eigenvalue weighted by molar-refractivity contribution is 6.32. The number of hydrogen-bond acceptors (Lipinski definition) is 4. The first kappa shape index (κ1) is 18.1. The van der Waals surface area contributed by atoms with Crippen LogP contribution in [-0.4, -0.2) is 22.1 Å². The quantitative estimate of drug-likeness (QED) is 0.685. The van der Waals surface area contributed by atoms with Crippen LogP contribution >= 0.6 is 11.6 Å². The minimum Gasteiger partial charge on any atom is -0.508 e. The number of halogens is 1. The molecule has 0 radical (unpaired) electrons. The van der Waals surface area contributed by atoms with Gasteiger partial charge in [0.05, 0.1) is 5.02 Å². The van der Waals surface area contributed by atoms with E-state index in [-0.39, 0.29) is 5.75 Å². The van der Waals surface area contributed by atoms with E-state index in [1.54, 1.807) is 25.1 Å². The summed E-state index contributed by atoms with van der Waals surface area (Å²) in [4.78, 5) is 22.2. The first-order valence-electron chi connectivity index (χ1n) is 8.18. The number of carbonyl (C=O) groups is 2. The van der Waals surface area contributed by atoms with Gasteiger partial charge in [0.1, 0.15) is 23.7 Å². The van der Waals surface area contributed by atoms with Crippen LogP contribution in [-0.2, 0) is 22.4 Å². The number of carboxylic acid groups (broad SMARTS) is 1. The molecule has 0 atom stereocenters. The molecule has 0 saturated carbocycles. The molecule has 3 N–H and O–H groups in total. The number of fused-ring (bicyclic) bond motifs is 1. The lowest BCUT2D eigenvalue weighted by atomic mass is 10.1.